The average molecular weight is 292 g/mol. The fourth-order valence-electron chi connectivity index (χ4n) is 2.00. The molecule has 6 nitrogen and oxygen atoms in total. The number of imidazole rings is 1. The molecule has 1 aromatic carbocycles. The van der Waals surface area contributed by atoms with Gasteiger partial charge >= 0.3 is 7.60 Å². The van der Waals surface area contributed by atoms with Crippen LogP contribution in [0.15, 0.2) is 28.7 Å². The lowest BCUT2D eigenvalue weighted by atomic mass is 10.1. The van der Waals surface area contributed by atoms with E-state index in [0.29, 0.717) is 11.6 Å². The quantitative estimate of drug-likeness (QED) is 0.629. The zero-order valence-electron chi connectivity index (χ0n) is 10.9. The van der Waals surface area contributed by atoms with Crippen LogP contribution in [0.3, 0.4) is 0 Å². The van der Waals surface area contributed by atoms with Crippen LogP contribution in [0, 0.1) is 13.8 Å². The van der Waals surface area contributed by atoms with Crippen molar-refractivity contribution in [3.63, 3.8) is 0 Å². The average Bonchev–Trinajstić information content (AvgIpc) is 2.94. The van der Waals surface area contributed by atoms with E-state index in [4.69, 9.17) is 14.2 Å². The number of hydrogen-bond donors (Lipinski definition) is 3. The Morgan fingerprint density at radius 2 is 1.90 bits per heavy atom. The number of aryl methyl sites for hydroxylation is 2. The number of aromatic amines is 1. The number of H-pyrrole nitrogens is 1. The molecule has 0 aliphatic rings. The zero-order valence-corrected chi connectivity index (χ0v) is 11.8. The van der Waals surface area contributed by atoms with E-state index in [9.17, 15) is 4.57 Å². The van der Waals surface area contributed by atoms with Gasteiger partial charge in [0.1, 0.15) is 0 Å². The minimum Gasteiger partial charge on any atom is -0.445 e. The molecule has 0 bridgehead atoms. The molecular formula is C13H13N2O4P. The first-order valence-electron chi connectivity index (χ1n) is 5.98. The number of rotatable bonds is 2. The third-order valence-electron chi connectivity index (χ3n) is 3.21. The Morgan fingerprint density at radius 3 is 2.55 bits per heavy atom. The van der Waals surface area contributed by atoms with Gasteiger partial charge in [-0.05, 0) is 49.2 Å². The fraction of sp³-hybridized carbons (Fsp3) is 0.154. The standard InChI is InChI=1S/C13H13N2O4P/c1-7-5-9-10(6-8(7)2)15-13(14-9)11-3-4-12(19-11)20(16,17)18/h3-6H,1-2H3,(H,14,15)(H2,16,17,18). The lowest BCUT2D eigenvalue weighted by molar-refractivity contribution is 0.377. The number of fused-ring (bicyclic) bond motifs is 1. The third kappa shape index (κ3) is 2.18. The highest BCUT2D eigenvalue weighted by Crippen LogP contribution is 2.35. The number of aromatic nitrogens is 2. The summed E-state index contributed by atoms with van der Waals surface area (Å²) in [7, 11) is -4.38. The summed E-state index contributed by atoms with van der Waals surface area (Å²) in [5, 5.41) is 0. The summed E-state index contributed by atoms with van der Waals surface area (Å²) < 4.78 is 16.3. The monoisotopic (exact) mass is 292 g/mol. The number of benzene rings is 1. The van der Waals surface area contributed by atoms with Gasteiger partial charge in [-0.15, -0.1) is 0 Å². The SMILES string of the molecule is Cc1cc2nc(-c3ccc(P(=O)(O)O)o3)[nH]c2cc1C. The molecule has 3 rings (SSSR count). The number of hydrogen-bond acceptors (Lipinski definition) is 3. The molecule has 20 heavy (non-hydrogen) atoms. The molecule has 2 aromatic heterocycles. The predicted molar refractivity (Wildman–Crippen MR) is 74.9 cm³/mol. The van der Waals surface area contributed by atoms with Gasteiger partial charge in [0.15, 0.2) is 11.6 Å². The predicted octanol–water partition coefficient (Wildman–Crippen LogP) is 2.24. The second-order valence-corrected chi connectivity index (χ2v) is 6.25. The molecule has 3 N–H and O–H groups in total. The van der Waals surface area contributed by atoms with Crippen molar-refractivity contribution in [2.45, 2.75) is 13.8 Å². The summed E-state index contributed by atoms with van der Waals surface area (Å²) in [5.41, 5.74) is 3.56. The normalized spacial score (nSPS) is 12.2. The maximum atomic E-state index is 11.1. The van der Waals surface area contributed by atoms with Gasteiger partial charge in [0, 0.05) is 0 Å². The first kappa shape index (κ1) is 13.1. The van der Waals surface area contributed by atoms with Crippen molar-refractivity contribution >= 4 is 24.1 Å². The van der Waals surface area contributed by atoms with Gasteiger partial charge in [-0.1, -0.05) is 0 Å². The van der Waals surface area contributed by atoms with E-state index in [1.165, 1.54) is 12.1 Å². The van der Waals surface area contributed by atoms with E-state index in [0.717, 1.165) is 22.2 Å². The third-order valence-corrected chi connectivity index (χ3v) is 4.02. The summed E-state index contributed by atoms with van der Waals surface area (Å²) in [6.07, 6.45) is 0. The summed E-state index contributed by atoms with van der Waals surface area (Å²) >= 11 is 0. The first-order valence-corrected chi connectivity index (χ1v) is 7.59. The van der Waals surface area contributed by atoms with Crippen molar-refractivity contribution in [2.75, 3.05) is 0 Å². The Kier molecular flexibility index (Phi) is 2.83. The van der Waals surface area contributed by atoms with Crippen molar-refractivity contribution in [3.8, 4) is 11.6 Å². The van der Waals surface area contributed by atoms with Crippen molar-refractivity contribution in [1.29, 1.82) is 0 Å². The van der Waals surface area contributed by atoms with Crippen LogP contribution < -0.4 is 5.50 Å². The molecule has 2 heterocycles. The summed E-state index contributed by atoms with van der Waals surface area (Å²) in [6, 6.07) is 6.69. The van der Waals surface area contributed by atoms with Gasteiger partial charge in [0.05, 0.1) is 11.0 Å². The van der Waals surface area contributed by atoms with Crippen LogP contribution in [0.25, 0.3) is 22.6 Å². The first-order chi connectivity index (χ1) is 9.34. The van der Waals surface area contributed by atoms with Crippen molar-refractivity contribution in [2.24, 2.45) is 0 Å². The molecule has 0 unspecified atom stereocenters. The number of nitrogens with zero attached hydrogens (tertiary/aromatic N) is 1. The second-order valence-electron chi connectivity index (χ2n) is 4.72. The van der Waals surface area contributed by atoms with E-state index in [-0.39, 0.29) is 5.50 Å². The van der Waals surface area contributed by atoms with Crippen molar-refractivity contribution in [3.05, 3.63) is 35.4 Å². The van der Waals surface area contributed by atoms with Crippen LogP contribution in [0.1, 0.15) is 11.1 Å². The molecule has 0 spiro atoms. The van der Waals surface area contributed by atoms with Gasteiger partial charge in [0.2, 0.25) is 5.50 Å². The molecular weight excluding hydrogens is 279 g/mol. The summed E-state index contributed by atoms with van der Waals surface area (Å²) in [6.45, 7) is 4.01. The minimum atomic E-state index is -4.38. The maximum Gasteiger partial charge on any atom is 0.391 e. The summed E-state index contributed by atoms with van der Waals surface area (Å²) in [5.74, 6) is 0.750. The van der Waals surface area contributed by atoms with Crippen LogP contribution in [0.5, 0.6) is 0 Å². The van der Waals surface area contributed by atoms with E-state index in [2.05, 4.69) is 9.97 Å². The molecule has 0 amide bonds. The topological polar surface area (TPSA) is 99.3 Å². The molecule has 0 aliphatic carbocycles. The zero-order chi connectivity index (χ0) is 14.5. The number of furan rings is 1. The Balaban J connectivity index is 2.11. The summed E-state index contributed by atoms with van der Waals surface area (Å²) in [4.78, 5) is 25.6. The van der Waals surface area contributed by atoms with Crippen LogP contribution in [-0.2, 0) is 4.57 Å². The molecule has 0 saturated carbocycles. The van der Waals surface area contributed by atoms with Crippen LogP contribution in [0.2, 0.25) is 0 Å². The fourth-order valence-corrected chi connectivity index (χ4v) is 2.48. The molecule has 104 valence electrons. The Hall–Kier alpha value is -1.88. The molecule has 0 aliphatic heterocycles. The van der Waals surface area contributed by atoms with E-state index < -0.39 is 7.60 Å². The van der Waals surface area contributed by atoms with Crippen molar-refractivity contribution < 1.29 is 18.8 Å². The van der Waals surface area contributed by atoms with Gasteiger partial charge in [0.25, 0.3) is 0 Å². The van der Waals surface area contributed by atoms with E-state index in [1.54, 1.807) is 0 Å². The van der Waals surface area contributed by atoms with E-state index in [1.807, 2.05) is 26.0 Å². The maximum absolute atomic E-state index is 11.1. The van der Waals surface area contributed by atoms with E-state index >= 15 is 0 Å². The Labute approximate surface area is 114 Å². The van der Waals surface area contributed by atoms with Gasteiger partial charge in [-0.2, -0.15) is 0 Å². The number of nitrogens with one attached hydrogen (secondary N) is 1. The smallest absolute Gasteiger partial charge is 0.391 e. The van der Waals surface area contributed by atoms with Gasteiger partial charge in [-0.25, -0.2) is 4.98 Å². The van der Waals surface area contributed by atoms with Crippen LogP contribution >= 0.6 is 7.60 Å². The van der Waals surface area contributed by atoms with Crippen molar-refractivity contribution in [1.82, 2.24) is 9.97 Å². The highest BCUT2D eigenvalue weighted by atomic mass is 31.2. The van der Waals surface area contributed by atoms with Crippen LogP contribution in [-0.4, -0.2) is 19.8 Å². The molecule has 0 radical (unpaired) electrons. The Morgan fingerprint density at radius 1 is 1.20 bits per heavy atom. The molecule has 0 saturated heterocycles. The molecule has 3 aromatic rings. The highest BCUT2D eigenvalue weighted by Gasteiger charge is 2.23. The molecule has 0 fully saturated rings. The molecule has 7 heteroatoms. The largest absolute Gasteiger partial charge is 0.445 e. The minimum absolute atomic E-state index is 0.301. The highest BCUT2D eigenvalue weighted by molar-refractivity contribution is 7.59. The lowest BCUT2D eigenvalue weighted by Gasteiger charge is -1.97. The Bertz CT molecular complexity index is 804. The van der Waals surface area contributed by atoms with Crippen LogP contribution in [0.4, 0.5) is 0 Å². The second kappa shape index (κ2) is 4.31. The van der Waals surface area contributed by atoms with Gasteiger partial charge < -0.3 is 19.2 Å². The molecule has 0 atom stereocenters. The lowest BCUT2D eigenvalue weighted by Crippen LogP contribution is -1.98. The van der Waals surface area contributed by atoms with Gasteiger partial charge in [-0.3, -0.25) is 4.57 Å².